The molecule has 3 heterocycles. The fraction of sp³-hybridized carbons (Fsp3) is 0.296. The van der Waals surface area contributed by atoms with E-state index in [-0.39, 0.29) is 18.4 Å². The fourth-order valence-corrected chi connectivity index (χ4v) is 6.23. The molecule has 0 N–H and O–H groups in total. The topological polar surface area (TPSA) is 54.8 Å². The summed E-state index contributed by atoms with van der Waals surface area (Å²) in [6, 6.07) is 13.6. The number of hydrogen-bond acceptors (Lipinski definition) is 5. The summed E-state index contributed by atoms with van der Waals surface area (Å²) in [5, 5.41) is 0.983. The summed E-state index contributed by atoms with van der Waals surface area (Å²) in [7, 11) is 1.63. The summed E-state index contributed by atoms with van der Waals surface area (Å²) in [6.07, 6.45) is 7.17. The van der Waals surface area contributed by atoms with Gasteiger partial charge in [-0.3, -0.25) is 14.5 Å². The maximum atomic E-state index is 13.3. The van der Waals surface area contributed by atoms with Gasteiger partial charge in [0.1, 0.15) is 16.6 Å². The van der Waals surface area contributed by atoms with Crippen molar-refractivity contribution in [1.82, 2.24) is 14.4 Å². The Balaban J connectivity index is 1.41. The Morgan fingerprint density at radius 1 is 1.14 bits per heavy atom. The minimum Gasteiger partial charge on any atom is -0.497 e. The lowest BCUT2D eigenvalue weighted by atomic mass is 10.1. The number of nitrogens with zero attached hydrogens (tertiary/aromatic N) is 3. The molecule has 2 saturated heterocycles. The molecule has 0 spiro atoms. The lowest BCUT2D eigenvalue weighted by Crippen LogP contribution is -2.37. The standard InChI is InChI=1S/C27H26BrN3O3S2/c1-34-21-8-5-18(6-9-21)15-31-26(33)24(36-27(31)35)13-19-16-30(23-10-7-20(28)14-22(19)23)17-25(32)29-11-3-2-4-12-29/h5-10,13-14,16H,2-4,11-12,15,17H2,1H3/b24-13-. The molecule has 2 aliphatic heterocycles. The van der Waals surface area contributed by atoms with Crippen LogP contribution in [0.25, 0.3) is 17.0 Å². The number of aromatic nitrogens is 1. The fourth-order valence-electron chi connectivity index (χ4n) is 4.62. The number of ether oxygens (including phenoxy) is 1. The van der Waals surface area contributed by atoms with Crippen molar-refractivity contribution in [1.29, 1.82) is 0 Å². The van der Waals surface area contributed by atoms with E-state index in [0.717, 1.165) is 58.2 Å². The molecule has 0 aliphatic carbocycles. The van der Waals surface area contributed by atoms with Gasteiger partial charge in [-0.15, -0.1) is 0 Å². The van der Waals surface area contributed by atoms with Crippen LogP contribution < -0.4 is 4.74 Å². The number of likely N-dealkylation sites (tertiary alicyclic amines) is 1. The molecule has 0 bridgehead atoms. The van der Waals surface area contributed by atoms with Crippen LogP contribution in [0.5, 0.6) is 5.75 Å². The van der Waals surface area contributed by atoms with Gasteiger partial charge < -0.3 is 14.2 Å². The van der Waals surface area contributed by atoms with Crippen LogP contribution in [0.1, 0.15) is 30.4 Å². The average Bonchev–Trinajstić information content (AvgIpc) is 3.35. The SMILES string of the molecule is COc1ccc(CN2C(=O)/C(=C/c3cn(CC(=O)N4CCCCC4)c4ccc(Br)cc34)SC2=S)cc1. The van der Waals surface area contributed by atoms with E-state index < -0.39 is 0 Å². The van der Waals surface area contributed by atoms with Crippen molar-refractivity contribution in [2.24, 2.45) is 0 Å². The van der Waals surface area contributed by atoms with Gasteiger partial charge in [0.2, 0.25) is 5.91 Å². The number of piperidine rings is 1. The molecule has 0 atom stereocenters. The number of thioether (sulfide) groups is 1. The molecule has 0 saturated carbocycles. The quantitative estimate of drug-likeness (QED) is 0.270. The first-order chi connectivity index (χ1) is 17.4. The van der Waals surface area contributed by atoms with Crippen LogP contribution in [0.4, 0.5) is 0 Å². The van der Waals surface area contributed by atoms with Gasteiger partial charge in [-0.05, 0) is 61.2 Å². The molecule has 2 amide bonds. The van der Waals surface area contributed by atoms with E-state index in [4.69, 9.17) is 17.0 Å². The second-order valence-electron chi connectivity index (χ2n) is 8.93. The Morgan fingerprint density at radius 3 is 2.61 bits per heavy atom. The summed E-state index contributed by atoms with van der Waals surface area (Å²) in [4.78, 5) is 30.4. The lowest BCUT2D eigenvalue weighted by molar-refractivity contribution is -0.132. The summed E-state index contributed by atoms with van der Waals surface area (Å²) < 4.78 is 8.68. The maximum Gasteiger partial charge on any atom is 0.266 e. The van der Waals surface area contributed by atoms with E-state index in [2.05, 4.69) is 15.9 Å². The monoisotopic (exact) mass is 583 g/mol. The number of halogens is 1. The van der Waals surface area contributed by atoms with Crippen LogP contribution in [-0.2, 0) is 22.7 Å². The number of thiocarbonyl (C=S) groups is 1. The highest BCUT2D eigenvalue weighted by molar-refractivity contribution is 9.10. The number of amides is 2. The van der Waals surface area contributed by atoms with Crippen LogP contribution in [0.3, 0.4) is 0 Å². The molecular weight excluding hydrogens is 558 g/mol. The summed E-state index contributed by atoms with van der Waals surface area (Å²) >= 11 is 10.4. The van der Waals surface area contributed by atoms with E-state index in [1.165, 1.54) is 18.2 Å². The predicted octanol–water partition coefficient (Wildman–Crippen LogP) is 5.83. The van der Waals surface area contributed by atoms with Crippen molar-refractivity contribution < 1.29 is 14.3 Å². The van der Waals surface area contributed by atoms with Crippen molar-refractivity contribution in [2.45, 2.75) is 32.4 Å². The largest absolute Gasteiger partial charge is 0.497 e. The molecule has 0 radical (unpaired) electrons. The number of benzene rings is 2. The van der Waals surface area contributed by atoms with Crippen LogP contribution in [0.15, 0.2) is 58.0 Å². The first-order valence-electron chi connectivity index (χ1n) is 11.9. The van der Waals surface area contributed by atoms with Gasteiger partial charge in [0.05, 0.1) is 18.6 Å². The first kappa shape index (κ1) is 25.0. The third kappa shape index (κ3) is 5.23. The number of hydrogen-bond donors (Lipinski definition) is 0. The van der Waals surface area contributed by atoms with Crippen LogP contribution >= 0.6 is 39.9 Å². The first-order valence-corrected chi connectivity index (χ1v) is 13.9. The molecule has 0 unspecified atom stereocenters. The third-order valence-electron chi connectivity index (χ3n) is 6.55. The van der Waals surface area contributed by atoms with Gasteiger partial charge in [0.25, 0.3) is 5.91 Å². The van der Waals surface area contributed by atoms with Gasteiger partial charge in [0, 0.05) is 40.2 Å². The molecule has 36 heavy (non-hydrogen) atoms. The Morgan fingerprint density at radius 2 is 1.89 bits per heavy atom. The third-order valence-corrected chi connectivity index (χ3v) is 8.42. The number of fused-ring (bicyclic) bond motifs is 1. The van der Waals surface area contributed by atoms with Crippen LogP contribution in [0.2, 0.25) is 0 Å². The molecule has 9 heteroatoms. The van der Waals surface area contributed by atoms with Crippen molar-refractivity contribution in [3.05, 3.63) is 69.2 Å². The highest BCUT2D eigenvalue weighted by Gasteiger charge is 2.32. The van der Waals surface area contributed by atoms with E-state index >= 15 is 0 Å². The zero-order valence-corrected chi connectivity index (χ0v) is 23.1. The minimum absolute atomic E-state index is 0.110. The zero-order chi connectivity index (χ0) is 25.2. The van der Waals surface area contributed by atoms with Gasteiger partial charge in [-0.25, -0.2) is 0 Å². The molecule has 5 rings (SSSR count). The van der Waals surface area contributed by atoms with Crippen LogP contribution in [-0.4, -0.2) is 50.7 Å². The number of carbonyl (C=O) groups excluding carboxylic acids is 2. The molecule has 2 fully saturated rings. The smallest absolute Gasteiger partial charge is 0.266 e. The van der Waals surface area contributed by atoms with Crippen molar-refractivity contribution in [2.75, 3.05) is 20.2 Å². The minimum atomic E-state index is -0.110. The molecular formula is C27H26BrN3O3S2. The number of rotatable bonds is 6. The molecule has 3 aromatic rings. The Hall–Kier alpha value is -2.62. The second kappa shape index (κ2) is 10.8. The Kier molecular flexibility index (Phi) is 7.50. The van der Waals surface area contributed by atoms with Crippen LogP contribution in [0, 0.1) is 0 Å². The van der Waals surface area contributed by atoms with E-state index in [0.29, 0.717) is 15.8 Å². The van der Waals surface area contributed by atoms with Gasteiger partial charge in [-0.2, -0.15) is 0 Å². The molecule has 1 aromatic heterocycles. The molecule has 2 aromatic carbocycles. The average molecular weight is 585 g/mol. The van der Waals surface area contributed by atoms with Gasteiger partial charge >= 0.3 is 0 Å². The summed E-state index contributed by atoms with van der Waals surface area (Å²) in [6.45, 7) is 2.34. The van der Waals surface area contributed by atoms with E-state index in [1.807, 2.05) is 64.2 Å². The van der Waals surface area contributed by atoms with E-state index in [9.17, 15) is 9.59 Å². The Labute approximate surface area is 228 Å². The van der Waals surface area contributed by atoms with Crippen molar-refractivity contribution in [3.8, 4) is 5.75 Å². The predicted molar refractivity (Wildman–Crippen MR) is 152 cm³/mol. The van der Waals surface area contributed by atoms with Crippen molar-refractivity contribution in [3.63, 3.8) is 0 Å². The number of methoxy groups -OCH3 is 1. The highest BCUT2D eigenvalue weighted by Crippen LogP contribution is 2.36. The van der Waals surface area contributed by atoms with Crippen molar-refractivity contribution >= 4 is 73.0 Å². The maximum absolute atomic E-state index is 13.3. The lowest BCUT2D eigenvalue weighted by Gasteiger charge is -2.27. The Bertz CT molecular complexity index is 1360. The zero-order valence-electron chi connectivity index (χ0n) is 19.9. The summed E-state index contributed by atoms with van der Waals surface area (Å²) in [5.74, 6) is 0.790. The second-order valence-corrected chi connectivity index (χ2v) is 11.5. The van der Waals surface area contributed by atoms with E-state index in [1.54, 1.807) is 12.0 Å². The normalized spacial score (nSPS) is 17.4. The summed E-state index contributed by atoms with van der Waals surface area (Å²) in [5.41, 5.74) is 2.83. The molecule has 2 aliphatic rings. The molecule has 186 valence electrons. The van der Waals surface area contributed by atoms with Gasteiger partial charge in [-0.1, -0.05) is 52.0 Å². The molecule has 6 nitrogen and oxygen atoms in total. The number of carbonyl (C=O) groups is 2. The van der Waals surface area contributed by atoms with Gasteiger partial charge in [0.15, 0.2) is 0 Å². The highest BCUT2D eigenvalue weighted by atomic mass is 79.9.